The van der Waals surface area contributed by atoms with Gasteiger partial charge in [0.15, 0.2) is 11.6 Å². The number of piperidine rings is 1. The second-order valence-electron chi connectivity index (χ2n) is 8.92. The van der Waals surface area contributed by atoms with Gasteiger partial charge in [0.25, 0.3) is 0 Å². The van der Waals surface area contributed by atoms with E-state index in [-0.39, 0.29) is 17.8 Å². The Balaban J connectivity index is 1.59. The number of phenolic OH excluding ortho intramolecular Hbond substituents is 1. The number of hydrogen-bond donors (Lipinski definition) is 1. The molecular weight excluding hydrogens is 435 g/mol. The number of carbonyl (C=O) groups is 1. The summed E-state index contributed by atoms with van der Waals surface area (Å²) >= 11 is 0. The molecule has 7 nitrogen and oxygen atoms in total. The number of hydrogen-bond acceptors (Lipinski definition) is 5. The van der Waals surface area contributed by atoms with Gasteiger partial charge in [0.1, 0.15) is 17.4 Å². The van der Waals surface area contributed by atoms with Gasteiger partial charge in [-0.25, -0.2) is 9.37 Å². The normalized spacial score (nSPS) is 16.6. The van der Waals surface area contributed by atoms with Crippen LogP contribution in [0.5, 0.6) is 11.5 Å². The molecule has 1 saturated heterocycles. The van der Waals surface area contributed by atoms with Gasteiger partial charge in [-0.15, -0.1) is 0 Å². The van der Waals surface area contributed by atoms with E-state index in [1.165, 1.54) is 12.1 Å². The van der Waals surface area contributed by atoms with Crippen LogP contribution < -0.4 is 4.74 Å². The van der Waals surface area contributed by atoms with E-state index in [4.69, 9.17) is 4.74 Å². The Morgan fingerprint density at radius 2 is 2.18 bits per heavy atom. The molecule has 8 heteroatoms. The first-order chi connectivity index (χ1) is 16.4. The van der Waals surface area contributed by atoms with Gasteiger partial charge in [0.2, 0.25) is 5.91 Å². The molecule has 0 bridgehead atoms. The number of benzene rings is 1. The summed E-state index contributed by atoms with van der Waals surface area (Å²) in [5, 5.41) is 9.81. The molecular formula is C26H31FN4O3. The molecule has 0 spiro atoms. The molecule has 4 rings (SSSR count). The minimum atomic E-state index is -0.663. The third-order valence-electron chi connectivity index (χ3n) is 6.06. The number of amides is 1. The summed E-state index contributed by atoms with van der Waals surface area (Å²) in [5.41, 5.74) is 3.11. The predicted octanol–water partition coefficient (Wildman–Crippen LogP) is 3.90. The number of fused-ring (bicyclic) bond motifs is 1. The summed E-state index contributed by atoms with van der Waals surface area (Å²) in [5.74, 6) is -0.393. The number of nitrogens with zero attached hydrogens (tertiary/aromatic N) is 4. The molecule has 1 fully saturated rings. The minimum absolute atomic E-state index is 0.00874. The first kappa shape index (κ1) is 23.8. The van der Waals surface area contributed by atoms with Crippen molar-refractivity contribution in [2.24, 2.45) is 0 Å². The number of aromatic nitrogens is 2. The van der Waals surface area contributed by atoms with Crippen LogP contribution in [-0.4, -0.2) is 70.0 Å². The van der Waals surface area contributed by atoms with E-state index < -0.39 is 5.82 Å². The summed E-state index contributed by atoms with van der Waals surface area (Å²) in [4.78, 5) is 20.7. The van der Waals surface area contributed by atoms with Crippen LogP contribution in [0.1, 0.15) is 25.3 Å². The van der Waals surface area contributed by atoms with Crippen molar-refractivity contribution in [2.75, 3.05) is 33.7 Å². The number of rotatable bonds is 7. The molecule has 1 aliphatic heterocycles. The molecule has 1 amide bonds. The second-order valence-corrected chi connectivity index (χ2v) is 8.92. The molecule has 3 heterocycles. The highest BCUT2D eigenvalue weighted by molar-refractivity contribution is 5.87. The SMILES string of the molecule is CCc1cc(O)c(F)cc1-c1cc(O[C@H]2CCCN(C(=O)/C=C/CN(C)C)C2)c2cncn2c1. The maximum atomic E-state index is 14.2. The molecule has 0 unspecified atom stereocenters. The molecule has 1 N–H and O–H groups in total. The summed E-state index contributed by atoms with van der Waals surface area (Å²) in [6.45, 7) is 3.89. The Hall–Kier alpha value is -3.39. The number of ether oxygens (including phenoxy) is 1. The van der Waals surface area contributed by atoms with E-state index in [9.17, 15) is 14.3 Å². The molecule has 3 aromatic rings. The summed E-state index contributed by atoms with van der Waals surface area (Å²) in [7, 11) is 3.92. The lowest BCUT2D eigenvalue weighted by Gasteiger charge is -2.32. The Kier molecular flexibility index (Phi) is 7.17. The summed E-state index contributed by atoms with van der Waals surface area (Å²) in [6, 6.07) is 4.72. The van der Waals surface area contributed by atoms with Crippen LogP contribution in [0.15, 0.2) is 49.1 Å². The Morgan fingerprint density at radius 1 is 1.35 bits per heavy atom. The van der Waals surface area contributed by atoms with E-state index in [1.54, 1.807) is 18.6 Å². The number of likely N-dealkylation sites (tertiary alicyclic amines) is 1. The van der Waals surface area contributed by atoms with E-state index in [2.05, 4.69) is 4.98 Å². The van der Waals surface area contributed by atoms with Crippen molar-refractivity contribution in [3.8, 4) is 22.6 Å². The van der Waals surface area contributed by atoms with Crippen LogP contribution in [0.3, 0.4) is 0 Å². The van der Waals surface area contributed by atoms with Crippen molar-refractivity contribution in [3.05, 3.63) is 60.5 Å². The molecule has 1 aromatic carbocycles. The zero-order valence-electron chi connectivity index (χ0n) is 19.9. The molecule has 1 aliphatic rings. The van der Waals surface area contributed by atoms with E-state index in [0.29, 0.717) is 37.4 Å². The molecule has 0 radical (unpaired) electrons. The van der Waals surface area contributed by atoms with Gasteiger partial charge in [-0.3, -0.25) is 4.79 Å². The minimum Gasteiger partial charge on any atom is -0.505 e. The van der Waals surface area contributed by atoms with Gasteiger partial charge in [0.05, 0.1) is 19.1 Å². The topological polar surface area (TPSA) is 70.3 Å². The Bertz CT molecular complexity index is 1200. The van der Waals surface area contributed by atoms with Crippen LogP contribution >= 0.6 is 0 Å². The van der Waals surface area contributed by atoms with E-state index >= 15 is 0 Å². The number of halogens is 1. The zero-order valence-corrected chi connectivity index (χ0v) is 19.9. The monoisotopic (exact) mass is 466 g/mol. The number of phenols is 1. The Labute approximate surface area is 199 Å². The van der Waals surface area contributed by atoms with Crippen molar-refractivity contribution in [2.45, 2.75) is 32.3 Å². The smallest absolute Gasteiger partial charge is 0.246 e. The van der Waals surface area contributed by atoms with Gasteiger partial charge >= 0.3 is 0 Å². The first-order valence-electron chi connectivity index (χ1n) is 11.6. The van der Waals surface area contributed by atoms with Gasteiger partial charge in [-0.05, 0) is 62.7 Å². The van der Waals surface area contributed by atoms with Crippen molar-refractivity contribution in [3.63, 3.8) is 0 Å². The van der Waals surface area contributed by atoms with Gasteiger partial charge in [0, 0.05) is 30.9 Å². The summed E-state index contributed by atoms with van der Waals surface area (Å²) in [6.07, 6.45) is 11.0. The van der Waals surface area contributed by atoms with Gasteiger partial charge in [-0.1, -0.05) is 13.0 Å². The first-order valence-corrected chi connectivity index (χ1v) is 11.6. The predicted molar refractivity (Wildman–Crippen MR) is 130 cm³/mol. The van der Waals surface area contributed by atoms with Crippen LogP contribution in [0, 0.1) is 5.82 Å². The maximum Gasteiger partial charge on any atom is 0.246 e. The molecule has 34 heavy (non-hydrogen) atoms. The van der Waals surface area contributed by atoms with Crippen LogP contribution in [0.4, 0.5) is 4.39 Å². The average Bonchev–Trinajstić information content (AvgIpc) is 3.29. The fourth-order valence-corrected chi connectivity index (χ4v) is 4.29. The fourth-order valence-electron chi connectivity index (χ4n) is 4.29. The van der Waals surface area contributed by atoms with Crippen molar-refractivity contribution >= 4 is 11.4 Å². The average molecular weight is 467 g/mol. The fraction of sp³-hybridized carbons (Fsp3) is 0.385. The summed E-state index contributed by atoms with van der Waals surface area (Å²) < 4.78 is 22.5. The lowest BCUT2D eigenvalue weighted by molar-refractivity contribution is -0.128. The van der Waals surface area contributed by atoms with Crippen LogP contribution in [0.2, 0.25) is 0 Å². The molecule has 0 saturated carbocycles. The number of aryl methyl sites for hydroxylation is 1. The molecule has 180 valence electrons. The van der Waals surface area contributed by atoms with Crippen LogP contribution in [0.25, 0.3) is 16.6 Å². The number of imidazole rings is 1. The lowest BCUT2D eigenvalue weighted by atomic mass is 9.98. The quantitative estimate of drug-likeness (QED) is 0.535. The number of pyridine rings is 1. The van der Waals surface area contributed by atoms with E-state index in [0.717, 1.165) is 29.5 Å². The third kappa shape index (κ3) is 5.22. The zero-order chi connectivity index (χ0) is 24.2. The number of carbonyl (C=O) groups excluding carboxylic acids is 1. The molecule has 0 aliphatic carbocycles. The highest BCUT2D eigenvalue weighted by Gasteiger charge is 2.25. The van der Waals surface area contributed by atoms with Crippen molar-refractivity contribution in [1.29, 1.82) is 0 Å². The molecule has 2 aromatic heterocycles. The van der Waals surface area contributed by atoms with Crippen molar-refractivity contribution in [1.82, 2.24) is 19.2 Å². The van der Waals surface area contributed by atoms with Crippen molar-refractivity contribution < 1.29 is 19.0 Å². The molecule has 1 atom stereocenters. The van der Waals surface area contributed by atoms with E-state index in [1.807, 2.05) is 53.6 Å². The maximum absolute atomic E-state index is 14.2. The largest absolute Gasteiger partial charge is 0.505 e. The van der Waals surface area contributed by atoms with Gasteiger partial charge in [-0.2, -0.15) is 0 Å². The lowest BCUT2D eigenvalue weighted by Crippen LogP contribution is -2.43. The van der Waals surface area contributed by atoms with Gasteiger partial charge < -0.3 is 24.0 Å². The highest BCUT2D eigenvalue weighted by atomic mass is 19.1. The standard InChI is InChI=1S/C26H31FN4O3/c1-4-18-11-24(32)22(27)13-21(18)19-12-25(23-14-28-17-31(23)15-19)34-20-7-5-10-30(16-20)26(33)8-6-9-29(2)3/h6,8,11-15,17,20,32H,4-5,7,9-10,16H2,1-3H3/b8-6+/t20-/m0/s1. The number of likely N-dealkylation sites (N-methyl/N-ethyl adjacent to an activating group) is 1. The number of aromatic hydroxyl groups is 1. The van der Waals surface area contributed by atoms with Crippen LogP contribution in [-0.2, 0) is 11.2 Å². The Morgan fingerprint density at radius 3 is 2.94 bits per heavy atom. The second kappa shape index (κ2) is 10.3. The highest BCUT2D eigenvalue weighted by Crippen LogP contribution is 2.34. The third-order valence-corrected chi connectivity index (χ3v) is 6.06.